The number of hydrogen-bond donors (Lipinski definition) is 0. The molecule has 0 spiro atoms. The predicted molar refractivity (Wildman–Crippen MR) is 435 cm³/mol. The highest BCUT2D eigenvalue weighted by Gasteiger charge is 2.14. The number of carbonyl (C=O) groups excluding carboxylic acids is 4. The summed E-state index contributed by atoms with van der Waals surface area (Å²) in [4.78, 5) is 44.8. The Labute approximate surface area is 619 Å². The molecule has 2 unspecified atom stereocenters. The molecule has 8 heteroatoms. The normalized spacial score (nSPS) is 11.5. The zero-order chi connectivity index (χ0) is 73.7. The molecular formula is C91H174O8. The van der Waals surface area contributed by atoms with Crippen LogP contribution in [-0.2, 0) is 38.1 Å². The fourth-order valence-corrected chi connectivity index (χ4v) is 13.5. The Hall–Kier alpha value is -3.16. The molecule has 0 saturated heterocycles. The van der Waals surface area contributed by atoms with Crippen molar-refractivity contribution in [2.24, 2.45) is 23.7 Å². The number of hydrogen-bond acceptors (Lipinski definition) is 8. The number of ether oxygens (including phenoxy) is 4. The molecular weight excluding hydrogens is 1220 g/mol. The van der Waals surface area contributed by atoms with Gasteiger partial charge in [-0.2, -0.15) is 0 Å². The topological polar surface area (TPSA) is 105 Å². The van der Waals surface area contributed by atoms with Crippen LogP contribution in [0, 0.1) is 23.7 Å². The molecule has 0 saturated carbocycles. The van der Waals surface area contributed by atoms with Gasteiger partial charge in [-0.25, -0.2) is 19.2 Å². The molecule has 99 heavy (non-hydrogen) atoms. The van der Waals surface area contributed by atoms with Crippen LogP contribution in [0.4, 0.5) is 0 Å². The second kappa shape index (κ2) is 90.9. The first kappa shape index (κ1) is 102. The molecule has 0 aromatic carbocycles. The number of carbonyl (C=O) groups is 4. The highest BCUT2D eigenvalue weighted by molar-refractivity contribution is 5.82. The first-order chi connectivity index (χ1) is 48.5. The predicted octanol–water partition coefficient (Wildman–Crippen LogP) is 30.1. The Morgan fingerprint density at radius 3 is 0.414 bits per heavy atom. The molecule has 0 aromatic rings. The molecule has 0 bridgehead atoms. The maximum absolute atomic E-state index is 11.2. The minimum absolute atomic E-state index is 0.282. The van der Waals surface area contributed by atoms with Gasteiger partial charge in [0.15, 0.2) is 0 Å². The van der Waals surface area contributed by atoms with Crippen molar-refractivity contribution in [1.82, 2.24) is 0 Å². The lowest BCUT2D eigenvalue weighted by molar-refractivity contribution is -0.139. The zero-order valence-corrected chi connectivity index (χ0v) is 68.1. The second-order valence-corrected chi connectivity index (χ2v) is 29.6. The molecule has 0 heterocycles. The highest BCUT2D eigenvalue weighted by Crippen LogP contribution is 2.27. The SMILES string of the molecule is C=CC(=O)OCCC(CCCCCCC)CCCCCCCCC.C=CC(=O)OCCC(CCCCCCCC)CCCCCCCC.C=CC(=O)OCCC(CCCCCCCC)CCCCCCCCC.C=CC(=O)OCCC(CCCCCCCCC)CCCCCCCCC. The maximum Gasteiger partial charge on any atom is 0.330 e. The number of unbranched alkanes of at least 4 members (excludes halogenated alkanes) is 43. The van der Waals surface area contributed by atoms with E-state index in [1.54, 1.807) is 0 Å². The van der Waals surface area contributed by atoms with Crippen molar-refractivity contribution in [2.45, 2.75) is 460 Å². The van der Waals surface area contributed by atoms with Gasteiger partial charge in [-0.05, 0) is 49.4 Å². The summed E-state index contributed by atoms with van der Waals surface area (Å²) >= 11 is 0. The molecule has 0 fully saturated rings. The average molecular weight is 1400 g/mol. The monoisotopic (exact) mass is 1400 g/mol. The highest BCUT2D eigenvalue weighted by atomic mass is 16.5. The third-order valence-electron chi connectivity index (χ3n) is 20.2. The van der Waals surface area contributed by atoms with Gasteiger partial charge in [0, 0.05) is 24.3 Å². The van der Waals surface area contributed by atoms with Crippen LogP contribution in [0.1, 0.15) is 460 Å². The molecule has 0 N–H and O–H groups in total. The molecule has 0 radical (unpaired) electrons. The van der Waals surface area contributed by atoms with Gasteiger partial charge in [0.2, 0.25) is 0 Å². The van der Waals surface area contributed by atoms with Crippen LogP contribution in [0.3, 0.4) is 0 Å². The van der Waals surface area contributed by atoms with E-state index in [4.69, 9.17) is 18.9 Å². The minimum atomic E-state index is -0.285. The largest absolute Gasteiger partial charge is 0.463 e. The first-order valence-corrected chi connectivity index (χ1v) is 43.6. The van der Waals surface area contributed by atoms with Gasteiger partial charge in [0.25, 0.3) is 0 Å². The maximum atomic E-state index is 11.2. The van der Waals surface area contributed by atoms with Crippen molar-refractivity contribution in [3.05, 3.63) is 50.6 Å². The quantitative estimate of drug-likeness (QED) is 0.0257. The fourth-order valence-electron chi connectivity index (χ4n) is 13.5. The Bertz CT molecular complexity index is 1620. The van der Waals surface area contributed by atoms with E-state index in [-0.39, 0.29) is 23.9 Å². The Morgan fingerprint density at radius 2 is 0.303 bits per heavy atom. The standard InChI is InChI=1S/C24H46O2.C23H44O2.2C22H42O2/c1-4-7-9-11-13-15-17-19-23(21-22-26-24(25)6-3)20-18-16-14-12-10-8-5-2;1-4-7-9-11-13-15-17-19-22(20-21-25-23(24)6-3)18-16-14-12-10-8-5-2;1-4-7-9-11-12-14-16-18-21(17-15-13-10-8-5-2)19-20-24-22(23)6-3;1-4-7-9-11-13-15-17-21(19-20-24-22(23)6-3)18-16-14-12-10-8-5-2/h6,23H,3-5,7-22H2,1-2H3;6,22H,3-5,7-21H2,1-2H3;2*6,21H,3-5,7-20H2,1-2H3. The summed E-state index contributed by atoms with van der Waals surface area (Å²) in [6.45, 7) is 34.2. The molecule has 0 aliphatic carbocycles. The molecule has 0 amide bonds. The number of esters is 4. The van der Waals surface area contributed by atoms with Gasteiger partial charge in [-0.1, -0.05) is 461 Å². The van der Waals surface area contributed by atoms with Crippen molar-refractivity contribution >= 4 is 23.9 Å². The van der Waals surface area contributed by atoms with E-state index < -0.39 is 0 Å². The van der Waals surface area contributed by atoms with Crippen LogP contribution >= 0.6 is 0 Å². The van der Waals surface area contributed by atoms with Gasteiger partial charge in [0.05, 0.1) is 26.4 Å². The van der Waals surface area contributed by atoms with Crippen molar-refractivity contribution in [2.75, 3.05) is 26.4 Å². The molecule has 0 aliphatic rings. The lowest BCUT2D eigenvalue weighted by atomic mass is 9.91. The van der Waals surface area contributed by atoms with E-state index in [9.17, 15) is 19.2 Å². The van der Waals surface area contributed by atoms with Crippen molar-refractivity contribution in [1.29, 1.82) is 0 Å². The Kier molecular flexibility index (Phi) is 93.9. The van der Waals surface area contributed by atoms with Crippen molar-refractivity contribution in [3.8, 4) is 0 Å². The number of rotatable bonds is 75. The van der Waals surface area contributed by atoms with Crippen LogP contribution in [0.25, 0.3) is 0 Å². The van der Waals surface area contributed by atoms with Crippen LogP contribution in [0.5, 0.6) is 0 Å². The van der Waals surface area contributed by atoms with Gasteiger partial charge in [-0.15, -0.1) is 0 Å². The summed E-state index contributed by atoms with van der Waals surface area (Å²) in [5.74, 6) is 1.75. The first-order valence-electron chi connectivity index (χ1n) is 43.6. The van der Waals surface area contributed by atoms with E-state index >= 15 is 0 Å². The summed E-state index contributed by atoms with van der Waals surface area (Å²) in [6.07, 6.45) is 89.0. The molecule has 2 atom stereocenters. The molecule has 8 nitrogen and oxygen atoms in total. The van der Waals surface area contributed by atoms with E-state index in [0.717, 1.165) is 49.4 Å². The lowest BCUT2D eigenvalue weighted by Gasteiger charge is -2.17. The summed E-state index contributed by atoms with van der Waals surface area (Å²) in [5.41, 5.74) is 0. The summed E-state index contributed by atoms with van der Waals surface area (Å²) in [7, 11) is 0. The third-order valence-corrected chi connectivity index (χ3v) is 20.2. The molecule has 0 aliphatic heterocycles. The van der Waals surface area contributed by atoms with Crippen LogP contribution in [0.2, 0.25) is 0 Å². The van der Waals surface area contributed by atoms with Gasteiger partial charge < -0.3 is 18.9 Å². The van der Waals surface area contributed by atoms with E-state index in [1.165, 1.54) is 403 Å². The minimum Gasteiger partial charge on any atom is -0.463 e. The molecule has 586 valence electrons. The Balaban J connectivity index is -0.000000608. The van der Waals surface area contributed by atoms with Gasteiger partial charge in [0.1, 0.15) is 0 Å². The summed E-state index contributed by atoms with van der Waals surface area (Å²) < 4.78 is 20.8. The molecule has 0 aromatic heterocycles. The van der Waals surface area contributed by atoms with E-state index in [1.807, 2.05) is 0 Å². The van der Waals surface area contributed by atoms with Crippen LogP contribution < -0.4 is 0 Å². The third kappa shape index (κ3) is 89.0. The van der Waals surface area contributed by atoms with Gasteiger partial charge in [-0.3, -0.25) is 0 Å². The smallest absolute Gasteiger partial charge is 0.330 e. The fraction of sp³-hybridized carbons (Fsp3) is 0.868. The van der Waals surface area contributed by atoms with E-state index in [0.29, 0.717) is 26.4 Å². The van der Waals surface area contributed by atoms with Gasteiger partial charge >= 0.3 is 23.9 Å². The van der Waals surface area contributed by atoms with E-state index in [2.05, 4.69) is 81.7 Å². The van der Waals surface area contributed by atoms with Crippen molar-refractivity contribution < 1.29 is 38.1 Å². The average Bonchev–Trinajstić information content (AvgIpc) is 3.64. The summed E-state index contributed by atoms with van der Waals surface area (Å²) in [6, 6.07) is 0. The molecule has 0 rings (SSSR count). The van der Waals surface area contributed by atoms with Crippen LogP contribution in [0.15, 0.2) is 50.6 Å². The van der Waals surface area contributed by atoms with Crippen molar-refractivity contribution in [3.63, 3.8) is 0 Å². The zero-order valence-electron chi connectivity index (χ0n) is 68.1. The summed E-state index contributed by atoms with van der Waals surface area (Å²) in [5, 5.41) is 0. The van der Waals surface area contributed by atoms with Crippen LogP contribution in [-0.4, -0.2) is 50.3 Å². The lowest BCUT2D eigenvalue weighted by Crippen LogP contribution is -2.09. The second-order valence-electron chi connectivity index (χ2n) is 29.6. The Morgan fingerprint density at radius 1 is 0.192 bits per heavy atom.